The first-order valence-corrected chi connectivity index (χ1v) is 6.91. The van der Waals surface area contributed by atoms with Gasteiger partial charge in [-0.25, -0.2) is 0 Å². The molecule has 0 spiro atoms. The molecule has 1 aromatic carbocycles. The van der Waals surface area contributed by atoms with Gasteiger partial charge < -0.3 is 9.05 Å². The van der Waals surface area contributed by atoms with E-state index in [9.17, 15) is 4.57 Å². The van der Waals surface area contributed by atoms with Crippen molar-refractivity contribution < 1.29 is 13.6 Å². The lowest BCUT2D eigenvalue weighted by molar-refractivity contribution is 0.230. The summed E-state index contributed by atoms with van der Waals surface area (Å²) in [5.41, 5.74) is 0.795. The molecule has 15 heavy (non-hydrogen) atoms. The molecular formula is C9H11Cl2O3P. The smallest absolute Gasteiger partial charge is 0.312 e. The fourth-order valence-electron chi connectivity index (χ4n) is 0.874. The standard InChI is InChI=1S/C9H11Cl2O3P/c1-13-15(2,12)14-6-7-3-4-8(10)9(11)5-7/h3-5H,6H2,1-2H3. The number of halogens is 2. The van der Waals surface area contributed by atoms with Crippen LogP contribution in [0, 0.1) is 0 Å². The topological polar surface area (TPSA) is 35.5 Å². The van der Waals surface area contributed by atoms with E-state index < -0.39 is 7.60 Å². The zero-order chi connectivity index (χ0) is 11.5. The summed E-state index contributed by atoms with van der Waals surface area (Å²) in [4.78, 5) is 0. The quantitative estimate of drug-likeness (QED) is 0.775. The van der Waals surface area contributed by atoms with E-state index in [2.05, 4.69) is 4.52 Å². The van der Waals surface area contributed by atoms with E-state index in [0.29, 0.717) is 10.0 Å². The Balaban J connectivity index is 2.66. The van der Waals surface area contributed by atoms with Crippen LogP contribution in [0.15, 0.2) is 18.2 Å². The third-order valence-corrected chi connectivity index (χ3v) is 3.78. The van der Waals surface area contributed by atoms with E-state index in [1.54, 1.807) is 18.2 Å². The van der Waals surface area contributed by atoms with E-state index in [1.807, 2.05) is 0 Å². The first-order valence-electron chi connectivity index (χ1n) is 4.16. The van der Waals surface area contributed by atoms with Gasteiger partial charge in [-0.05, 0) is 17.7 Å². The second-order valence-corrected chi connectivity index (χ2v) is 5.96. The summed E-state index contributed by atoms with van der Waals surface area (Å²) in [6.07, 6.45) is 0. The number of hydrogen-bond donors (Lipinski definition) is 0. The van der Waals surface area contributed by atoms with E-state index in [0.717, 1.165) is 5.56 Å². The van der Waals surface area contributed by atoms with Crippen molar-refractivity contribution >= 4 is 30.8 Å². The van der Waals surface area contributed by atoms with Gasteiger partial charge in [0, 0.05) is 13.8 Å². The van der Waals surface area contributed by atoms with Crippen LogP contribution in [0.3, 0.4) is 0 Å². The number of benzene rings is 1. The second-order valence-electron chi connectivity index (χ2n) is 2.98. The molecule has 0 aliphatic carbocycles. The molecule has 0 aliphatic rings. The fourth-order valence-corrected chi connectivity index (χ4v) is 1.68. The number of rotatable bonds is 4. The highest BCUT2D eigenvalue weighted by Crippen LogP contribution is 2.43. The predicted molar refractivity (Wildman–Crippen MR) is 61.8 cm³/mol. The Morgan fingerprint density at radius 2 is 2.00 bits per heavy atom. The summed E-state index contributed by atoms with van der Waals surface area (Å²) in [7, 11) is -1.60. The van der Waals surface area contributed by atoms with Crippen molar-refractivity contribution in [2.75, 3.05) is 13.8 Å². The Morgan fingerprint density at radius 3 is 2.53 bits per heavy atom. The molecule has 1 atom stereocenters. The molecule has 0 N–H and O–H groups in total. The van der Waals surface area contributed by atoms with Gasteiger partial charge in [0.2, 0.25) is 0 Å². The Morgan fingerprint density at radius 1 is 1.33 bits per heavy atom. The molecule has 1 unspecified atom stereocenters. The first-order chi connectivity index (χ1) is 6.94. The van der Waals surface area contributed by atoms with Crippen LogP contribution in [0.5, 0.6) is 0 Å². The highest BCUT2D eigenvalue weighted by atomic mass is 35.5. The molecule has 0 aromatic heterocycles. The van der Waals surface area contributed by atoms with Crippen LogP contribution in [-0.2, 0) is 20.2 Å². The highest BCUT2D eigenvalue weighted by molar-refractivity contribution is 7.52. The highest BCUT2D eigenvalue weighted by Gasteiger charge is 2.14. The largest absolute Gasteiger partial charge is 0.327 e. The van der Waals surface area contributed by atoms with Gasteiger partial charge in [0.1, 0.15) is 0 Å². The Bertz CT molecular complexity index is 395. The van der Waals surface area contributed by atoms with Gasteiger partial charge in [0.15, 0.2) is 0 Å². The maximum atomic E-state index is 11.4. The first kappa shape index (κ1) is 13.0. The molecule has 6 heteroatoms. The Hall–Kier alpha value is -0.0500. The van der Waals surface area contributed by atoms with E-state index in [-0.39, 0.29) is 6.61 Å². The predicted octanol–water partition coefficient (Wildman–Crippen LogP) is 3.98. The molecule has 0 saturated carbocycles. The monoisotopic (exact) mass is 268 g/mol. The molecule has 0 heterocycles. The molecule has 0 amide bonds. The van der Waals surface area contributed by atoms with Crippen LogP contribution >= 0.6 is 30.8 Å². The Labute approximate surface area is 98.8 Å². The average Bonchev–Trinajstić information content (AvgIpc) is 2.20. The van der Waals surface area contributed by atoms with Gasteiger partial charge in [0.05, 0.1) is 16.7 Å². The van der Waals surface area contributed by atoms with Crippen LogP contribution in [0.2, 0.25) is 10.0 Å². The minimum absolute atomic E-state index is 0.179. The average molecular weight is 269 g/mol. The van der Waals surface area contributed by atoms with E-state index >= 15 is 0 Å². The molecule has 0 fully saturated rings. The molecular weight excluding hydrogens is 258 g/mol. The van der Waals surface area contributed by atoms with E-state index in [4.69, 9.17) is 27.7 Å². The fraction of sp³-hybridized carbons (Fsp3) is 0.333. The number of hydrogen-bond acceptors (Lipinski definition) is 3. The van der Waals surface area contributed by atoms with Crippen LogP contribution in [0.1, 0.15) is 5.56 Å². The molecule has 0 aliphatic heterocycles. The van der Waals surface area contributed by atoms with Crippen molar-refractivity contribution in [3.63, 3.8) is 0 Å². The molecule has 0 bridgehead atoms. The van der Waals surface area contributed by atoms with Gasteiger partial charge in [-0.3, -0.25) is 4.57 Å². The van der Waals surface area contributed by atoms with E-state index in [1.165, 1.54) is 13.8 Å². The lowest BCUT2D eigenvalue weighted by atomic mass is 10.2. The lowest BCUT2D eigenvalue weighted by Gasteiger charge is -2.11. The summed E-state index contributed by atoms with van der Waals surface area (Å²) in [6.45, 7) is 1.59. The summed E-state index contributed by atoms with van der Waals surface area (Å²) < 4.78 is 21.2. The third kappa shape index (κ3) is 4.13. The van der Waals surface area contributed by atoms with Gasteiger partial charge in [0.25, 0.3) is 0 Å². The summed E-state index contributed by atoms with van der Waals surface area (Å²) in [5, 5.41) is 0.924. The molecule has 0 saturated heterocycles. The summed E-state index contributed by atoms with van der Waals surface area (Å²) in [5.74, 6) is 0. The van der Waals surface area contributed by atoms with Crippen LogP contribution in [0.4, 0.5) is 0 Å². The van der Waals surface area contributed by atoms with Gasteiger partial charge in [-0.1, -0.05) is 29.3 Å². The lowest BCUT2D eigenvalue weighted by Crippen LogP contribution is -1.92. The van der Waals surface area contributed by atoms with Crippen LogP contribution in [0.25, 0.3) is 0 Å². The maximum Gasteiger partial charge on any atom is 0.327 e. The zero-order valence-electron chi connectivity index (χ0n) is 8.37. The molecule has 0 radical (unpaired) electrons. The minimum atomic E-state index is -2.94. The van der Waals surface area contributed by atoms with Crippen molar-refractivity contribution in [1.82, 2.24) is 0 Å². The molecule has 1 rings (SSSR count). The Kier molecular flexibility index (Phi) is 4.63. The van der Waals surface area contributed by atoms with Crippen molar-refractivity contribution in [1.29, 1.82) is 0 Å². The minimum Gasteiger partial charge on any atom is -0.312 e. The summed E-state index contributed by atoms with van der Waals surface area (Å²) in [6, 6.07) is 5.08. The molecule has 1 aromatic rings. The van der Waals surface area contributed by atoms with Crippen molar-refractivity contribution in [2.45, 2.75) is 6.61 Å². The van der Waals surface area contributed by atoms with Gasteiger partial charge >= 0.3 is 7.60 Å². The SMILES string of the molecule is COP(C)(=O)OCc1ccc(Cl)c(Cl)c1. The third-order valence-electron chi connectivity index (χ3n) is 1.78. The van der Waals surface area contributed by atoms with Crippen molar-refractivity contribution in [3.8, 4) is 0 Å². The van der Waals surface area contributed by atoms with Crippen molar-refractivity contribution in [2.24, 2.45) is 0 Å². The molecule has 84 valence electrons. The van der Waals surface area contributed by atoms with Gasteiger partial charge in [-0.2, -0.15) is 0 Å². The normalized spacial score (nSPS) is 14.9. The van der Waals surface area contributed by atoms with Crippen molar-refractivity contribution in [3.05, 3.63) is 33.8 Å². The van der Waals surface area contributed by atoms with Crippen LogP contribution < -0.4 is 0 Å². The second kappa shape index (κ2) is 5.33. The van der Waals surface area contributed by atoms with Crippen LogP contribution in [-0.4, -0.2) is 13.8 Å². The molecule has 3 nitrogen and oxygen atoms in total. The summed E-state index contributed by atoms with van der Waals surface area (Å²) >= 11 is 11.6. The zero-order valence-corrected chi connectivity index (χ0v) is 10.8. The maximum absolute atomic E-state index is 11.4. The van der Waals surface area contributed by atoms with Gasteiger partial charge in [-0.15, -0.1) is 0 Å².